The lowest BCUT2D eigenvalue weighted by atomic mass is 9.96. The zero-order valence-corrected chi connectivity index (χ0v) is 25.1. The van der Waals surface area contributed by atoms with Crippen LogP contribution in [0.2, 0.25) is 0 Å². The third-order valence-electron chi connectivity index (χ3n) is 5.53. The van der Waals surface area contributed by atoms with E-state index in [2.05, 4.69) is 20.1 Å². The monoisotopic (exact) mass is 673 g/mol. The minimum absolute atomic E-state index is 0.480. The number of carbonyl (C=O) groups excluding carboxylic acids is 4. The maximum atomic E-state index is 12.0. The number of hydrogen-bond acceptors (Lipinski definition) is 15. The van der Waals surface area contributed by atoms with E-state index < -0.39 is 102 Å². The van der Waals surface area contributed by atoms with E-state index in [0.717, 1.165) is 27.7 Å². The van der Waals surface area contributed by atoms with Gasteiger partial charge < -0.3 is 37.9 Å². The first-order valence-corrected chi connectivity index (χ1v) is 13.2. The van der Waals surface area contributed by atoms with Crippen LogP contribution in [0.4, 0.5) is 0 Å². The molecule has 0 aromatic carbocycles. The first-order valence-electron chi connectivity index (χ1n) is 12.1. The van der Waals surface area contributed by atoms with Crippen molar-refractivity contribution in [3.63, 3.8) is 0 Å². The van der Waals surface area contributed by atoms with Crippen molar-refractivity contribution in [3.8, 4) is 0 Å². The highest BCUT2D eigenvalue weighted by Gasteiger charge is 2.56. The molecule has 19 nitrogen and oxygen atoms in total. The van der Waals surface area contributed by atoms with Crippen LogP contribution in [0.15, 0.2) is 10.2 Å². The number of hydrogen-bond donors (Lipinski definition) is 1. The van der Waals surface area contributed by atoms with Gasteiger partial charge in [0.25, 0.3) is 3.79 Å². The summed E-state index contributed by atoms with van der Waals surface area (Å²) in [7, 11) is 0. The molecule has 0 saturated carbocycles. The van der Waals surface area contributed by atoms with Gasteiger partial charge in [-0.3, -0.25) is 24.6 Å². The van der Waals surface area contributed by atoms with Gasteiger partial charge in [0.1, 0.15) is 31.0 Å². The zero-order valence-electron chi connectivity index (χ0n) is 22.8. The lowest BCUT2D eigenvalue weighted by Gasteiger charge is -2.44. The predicted molar refractivity (Wildman–Crippen MR) is 142 cm³/mol. The summed E-state index contributed by atoms with van der Waals surface area (Å²) < 4.78 is 41.5. The van der Waals surface area contributed by atoms with E-state index in [-0.39, 0.29) is 0 Å². The highest BCUT2D eigenvalue weighted by molar-refractivity contribution is 6.76. The molecule has 0 radical (unpaired) electrons. The highest BCUT2D eigenvalue weighted by Crippen LogP contribution is 2.36. The summed E-state index contributed by atoms with van der Waals surface area (Å²) in [5.74, 6) is -4.26. The summed E-state index contributed by atoms with van der Waals surface area (Å²) in [6, 6.07) is -1.58. The SMILES string of the molecule is CC(=O)OC[C@H]1OC(OC(=N)C(Cl)(Cl)Cl)[C@H](OC(C)=O)[C@@H]1O[C@H]1O[C@@H](CN=[N+]=[N-])[C@@H](OC(C)=O)[C@H](OC(C)=O)C1N=[N+]=[N-]. The van der Waals surface area contributed by atoms with E-state index in [1.54, 1.807) is 0 Å². The second kappa shape index (κ2) is 16.0. The molecule has 1 N–H and O–H groups in total. The van der Waals surface area contributed by atoms with Gasteiger partial charge >= 0.3 is 23.9 Å². The second-order valence-corrected chi connectivity index (χ2v) is 11.0. The Kier molecular flexibility index (Phi) is 13.3. The second-order valence-electron chi connectivity index (χ2n) is 8.76. The molecule has 0 aromatic heterocycles. The van der Waals surface area contributed by atoms with Gasteiger partial charge in [0.05, 0.1) is 6.54 Å². The number of ether oxygens (including phenoxy) is 8. The molecule has 2 aliphatic rings. The third-order valence-corrected chi connectivity index (χ3v) is 6.05. The minimum Gasteiger partial charge on any atom is -0.463 e. The molecule has 43 heavy (non-hydrogen) atoms. The smallest absolute Gasteiger partial charge is 0.303 e. The van der Waals surface area contributed by atoms with Crippen molar-refractivity contribution in [2.45, 2.75) is 86.7 Å². The number of nitrogens with zero attached hydrogens (tertiary/aromatic N) is 6. The average Bonchev–Trinajstić information content (AvgIpc) is 3.18. The molecule has 0 spiro atoms. The molecule has 2 heterocycles. The van der Waals surface area contributed by atoms with Crippen LogP contribution in [-0.2, 0) is 57.1 Å². The topological polar surface area (TPSA) is 263 Å². The summed E-state index contributed by atoms with van der Waals surface area (Å²) in [4.78, 5) is 52.9. The summed E-state index contributed by atoms with van der Waals surface area (Å²) in [6.45, 7) is 3.21. The van der Waals surface area contributed by atoms with Gasteiger partial charge in [-0.1, -0.05) is 45.0 Å². The average molecular weight is 675 g/mol. The van der Waals surface area contributed by atoms with E-state index in [9.17, 15) is 24.7 Å². The van der Waals surface area contributed by atoms with Crippen molar-refractivity contribution >= 4 is 64.6 Å². The van der Waals surface area contributed by atoms with Gasteiger partial charge in [0.15, 0.2) is 24.6 Å². The number of azide groups is 2. The van der Waals surface area contributed by atoms with Gasteiger partial charge in [-0.05, 0) is 11.1 Å². The van der Waals surface area contributed by atoms with E-state index >= 15 is 0 Å². The van der Waals surface area contributed by atoms with E-state index in [1.807, 2.05) is 0 Å². The number of carbonyl (C=O) groups is 4. The molecule has 2 aliphatic heterocycles. The summed E-state index contributed by atoms with van der Waals surface area (Å²) in [5.41, 5.74) is 18.2. The highest BCUT2D eigenvalue weighted by atomic mass is 35.6. The van der Waals surface area contributed by atoms with Crippen LogP contribution in [0.3, 0.4) is 0 Å². The number of alkyl halides is 3. The normalized spacial score (nSPS) is 30.1. The molecule has 0 bridgehead atoms. The van der Waals surface area contributed by atoms with Crippen molar-refractivity contribution in [3.05, 3.63) is 20.9 Å². The Balaban J connectivity index is 2.59. The summed E-state index contributed by atoms with van der Waals surface area (Å²) in [6.07, 6.45) is -12.0. The molecule has 2 saturated heterocycles. The van der Waals surface area contributed by atoms with Crippen LogP contribution >= 0.6 is 34.8 Å². The number of halogens is 3. The molecule has 2 fully saturated rings. The van der Waals surface area contributed by atoms with Crippen molar-refractivity contribution < 1.29 is 57.1 Å². The molecule has 238 valence electrons. The van der Waals surface area contributed by atoms with Gasteiger partial charge in [-0.2, -0.15) is 0 Å². The number of nitrogens with one attached hydrogen (secondary N) is 1. The largest absolute Gasteiger partial charge is 0.463 e. The molecule has 0 aromatic rings. The predicted octanol–water partition coefficient (Wildman–Crippen LogP) is 2.53. The van der Waals surface area contributed by atoms with Crippen molar-refractivity contribution in [2.75, 3.05) is 13.2 Å². The Morgan fingerprint density at radius 1 is 0.791 bits per heavy atom. The molecular formula is C21H26Cl3N7O12. The lowest BCUT2D eigenvalue weighted by molar-refractivity contribution is -0.285. The fraction of sp³-hybridized carbons (Fsp3) is 0.762. The van der Waals surface area contributed by atoms with Gasteiger partial charge in [0, 0.05) is 37.5 Å². The first kappa shape index (κ1) is 35.9. The Morgan fingerprint density at radius 2 is 1.35 bits per heavy atom. The third kappa shape index (κ3) is 10.4. The number of esters is 4. The summed E-state index contributed by atoms with van der Waals surface area (Å²) >= 11 is 17.1. The quantitative estimate of drug-likeness (QED) is 0.0484. The van der Waals surface area contributed by atoms with E-state index in [4.69, 9.17) is 83.6 Å². The Hall–Kier alpha value is -3.28. The number of rotatable bonds is 11. The van der Waals surface area contributed by atoms with Gasteiger partial charge in [-0.15, -0.1) is 0 Å². The Labute approximate surface area is 257 Å². The van der Waals surface area contributed by atoms with Crippen LogP contribution in [-0.4, -0.2) is 102 Å². The van der Waals surface area contributed by atoms with Crippen molar-refractivity contribution in [2.24, 2.45) is 10.2 Å². The molecule has 0 aliphatic carbocycles. The van der Waals surface area contributed by atoms with Crippen LogP contribution in [0.1, 0.15) is 27.7 Å². The van der Waals surface area contributed by atoms with E-state index in [1.165, 1.54) is 0 Å². The van der Waals surface area contributed by atoms with Crippen LogP contribution < -0.4 is 0 Å². The lowest BCUT2D eigenvalue weighted by Crippen LogP contribution is -2.62. The first-order chi connectivity index (χ1) is 20.1. The molecule has 22 heteroatoms. The minimum atomic E-state index is -2.36. The maximum Gasteiger partial charge on any atom is 0.303 e. The Bertz CT molecular complexity index is 1180. The van der Waals surface area contributed by atoms with Crippen LogP contribution in [0, 0.1) is 5.41 Å². The fourth-order valence-electron chi connectivity index (χ4n) is 4.05. The van der Waals surface area contributed by atoms with Gasteiger partial charge in [-0.25, -0.2) is 0 Å². The molecule has 2 rings (SSSR count). The standard InChI is InChI=1S/C21H26Cl3N7O12/c1-7(32)36-6-12-15(17(39-10(4)35)19(41-12)43-20(25)21(22,23)24)42-18-13(29-31-27)16(38-9(3)34)14(37-8(2)33)11(40-18)5-28-30-26/h11-19,25H,5-6H2,1-4H3/t11-,12+,13?,14+,15+,16+,17+,18+,19?/m0/s1. The maximum absolute atomic E-state index is 12.0. The summed E-state index contributed by atoms with van der Waals surface area (Å²) in [5, 5.41) is 14.9. The molecule has 9 atom stereocenters. The molecule has 0 amide bonds. The van der Waals surface area contributed by atoms with Crippen molar-refractivity contribution in [1.29, 1.82) is 5.41 Å². The molecular weight excluding hydrogens is 649 g/mol. The Morgan fingerprint density at radius 3 is 1.86 bits per heavy atom. The molecule has 2 unspecified atom stereocenters. The van der Waals surface area contributed by atoms with Crippen LogP contribution in [0.5, 0.6) is 0 Å². The van der Waals surface area contributed by atoms with E-state index in [0.29, 0.717) is 0 Å². The zero-order chi connectivity index (χ0) is 32.5. The van der Waals surface area contributed by atoms with Gasteiger partial charge in [0.2, 0.25) is 12.2 Å². The van der Waals surface area contributed by atoms with Crippen molar-refractivity contribution in [1.82, 2.24) is 0 Å². The van der Waals surface area contributed by atoms with Crippen LogP contribution in [0.25, 0.3) is 20.9 Å². The fourth-order valence-corrected chi connectivity index (χ4v) is 4.18.